The maximum absolute atomic E-state index is 9.06. The lowest BCUT2D eigenvalue weighted by Gasteiger charge is -2.24. The summed E-state index contributed by atoms with van der Waals surface area (Å²) >= 11 is 0. The summed E-state index contributed by atoms with van der Waals surface area (Å²) in [6, 6.07) is 5.19. The van der Waals surface area contributed by atoms with Gasteiger partial charge in [0.25, 0.3) is 0 Å². The molecule has 5 heteroatoms. The van der Waals surface area contributed by atoms with Crippen LogP contribution in [-0.2, 0) is 0 Å². The summed E-state index contributed by atoms with van der Waals surface area (Å²) in [5.74, 6) is 0.528. The topological polar surface area (TPSA) is 95.0 Å². The second kappa shape index (κ2) is 4.15. The summed E-state index contributed by atoms with van der Waals surface area (Å²) < 4.78 is 0. The second-order valence-corrected chi connectivity index (χ2v) is 3.91. The van der Waals surface area contributed by atoms with E-state index in [9.17, 15) is 0 Å². The van der Waals surface area contributed by atoms with E-state index in [4.69, 9.17) is 16.1 Å². The van der Waals surface area contributed by atoms with Crippen molar-refractivity contribution in [3.05, 3.63) is 17.8 Å². The van der Waals surface area contributed by atoms with E-state index in [0.717, 1.165) is 0 Å². The van der Waals surface area contributed by atoms with Gasteiger partial charge in [0.05, 0.1) is 17.8 Å². The molecule has 0 aliphatic rings. The fourth-order valence-electron chi connectivity index (χ4n) is 1.02. The van der Waals surface area contributed by atoms with Crippen LogP contribution in [0.25, 0.3) is 0 Å². The zero-order valence-electron chi connectivity index (χ0n) is 8.78. The van der Waals surface area contributed by atoms with Gasteiger partial charge in [-0.05, 0) is 26.0 Å². The molecule has 0 atom stereocenters. The average Bonchev–Trinajstić information content (AvgIpc) is 2.20. The number of hydrogen-bond acceptors (Lipinski definition) is 5. The lowest BCUT2D eigenvalue weighted by atomic mass is 10.1. The Morgan fingerprint density at radius 2 is 2.27 bits per heavy atom. The van der Waals surface area contributed by atoms with Crippen LogP contribution in [0.15, 0.2) is 12.1 Å². The molecule has 0 aliphatic carbocycles. The molecule has 0 saturated heterocycles. The molecule has 1 aromatic heterocycles. The third kappa shape index (κ3) is 2.82. The summed E-state index contributed by atoms with van der Waals surface area (Å²) in [6.45, 7) is 3.63. The Kier molecular flexibility index (Phi) is 3.12. The van der Waals surface area contributed by atoms with E-state index in [0.29, 0.717) is 11.5 Å². The van der Waals surface area contributed by atoms with Crippen molar-refractivity contribution < 1.29 is 5.11 Å². The SMILES string of the molecule is CC(C)(CO)Nc1ccc(N)c(C#N)n1. The Morgan fingerprint density at radius 1 is 1.60 bits per heavy atom. The summed E-state index contributed by atoms with van der Waals surface area (Å²) in [7, 11) is 0. The Hall–Kier alpha value is -1.80. The van der Waals surface area contributed by atoms with Crippen molar-refractivity contribution in [2.45, 2.75) is 19.4 Å². The number of nitrogens with zero attached hydrogens (tertiary/aromatic N) is 2. The number of aromatic nitrogens is 1. The zero-order chi connectivity index (χ0) is 11.5. The predicted octanol–water partition coefficient (Wildman–Crippen LogP) is 0.718. The number of nitriles is 1. The Labute approximate surface area is 88.6 Å². The van der Waals surface area contributed by atoms with Crippen molar-refractivity contribution in [1.82, 2.24) is 4.98 Å². The Balaban J connectivity index is 2.94. The highest BCUT2D eigenvalue weighted by Gasteiger charge is 2.16. The third-order valence-corrected chi connectivity index (χ3v) is 1.89. The number of nitrogens with one attached hydrogen (secondary N) is 1. The largest absolute Gasteiger partial charge is 0.396 e. The second-order valence-electron chi connectivity index (χ2n) is 3.91. The van der Waals surface area contributed by atoms with Crippen LogP contribution in [0, 0.1) is 11.3 Å². The van der Waals surface area contributed by atoms with Gasteiger partial charge in [0.15, 0.2) is 5.69 Å². The highest BCUT2D eigenvalue weighted by Crippen LogP contribution is 2.16. The van der Waals surface area contributed by atoms with Crippen LogP contribution in [0.2, 0.25) is 0 Å². The molecule has 0 bridgehead atoms. The van der Waals surface area contributed by atoms with Gasteiger partial charge in [-0.25, -0.2) is 4.98 Å². The average molecular weight is 206 g/mol. The van der Waals surface area contributed by atoms with Crippen molar-refractivity contribution in [2.75, 3.05) is 17.7 Å². The molecule has 0 radical (unpaired) electrons. The lowest BCUT2D eigenvalue weighted by molar-refractivity contribution is 0.234. The maximum Gasteiger partial charge on any atom is 0.165 e. The van der Waals surface area contributed by atoms with E-state index in [1.54, 1.807) is 12.1 Å². The number of nitrogen functional groups attached to an aromatic ring is 1. The standard InChI is InChI=1S/C10H14N4O/c1-10(2,6-15)14-9-4-3-7(12)8(5-11)13-9/h3-4,15H,6,12H2,1-2H3,(H,13,14). The van der Waals surface area contributed by atoms with Gasteiger partial charge in [0.1, 0.15) is 11.9 Å². The number of anilines is 2. The lowest BCUT2D eigenvalue weighted by Crippen LogP contribution is -2.35. The number of hydrogen-bond donors (Lipinski definition) is 3. The first kappa shape index (κ1) is 11.3. The molecule has 1 rings (SSSR count). The molecule has 0 aliphatic heterocycles. The molecule has 1 aromatic rings. The van der Waals surface area contributed by atoms with Crippen molar-refractivity contribution in [3.63, 3.8) is 0 Å². The molecule has 0 fully saturated rings. The summed E-state index contributed by atoms with van der Waals surface area (Å²) in [5, 5.41) is 20.8. The quantitative estimate of drug-likeness (QED) is 0.677. The number of aliphatic hydroxyl groups excluding tert-OH is 1. The molecule has 5 nitrogen and oxygen atoms in total. The fourth-order valence-corrected chi connectivity index (χ4v) is 1.02. The highest BCUT2D eigenvalue weighted by atomic mass is 16.3. The summed E-state index contributed by atoms with van der Waals surface area (Å²) in [6.07, 6.45) is 0. The van der Waals surface area contributed by atoms with Crippen molar-refractivity contribution in [1.29, 1.82) is 5.26 Å². The normalized spacial score (nSPS) is 10.8. The smallest absolute Gasteiger partial charge is 0.165 e. The Morgan fingerprint density at radius 3 is 2.80 bits per heavy atom. The molecule has 4 N–H and O–H groups in total. The molecule has 15 heavy (non-hydrogen) atoms. The van der Waals surface area contributed by atoms with Gasteiger partial charge in [0.2, 0.25) is 0 Å². The van der Waals surface area contributed by atoms with E-state index < -0.39 is 5.54 Å². The van der Waals surface area contributed by atoms with Crippen LogP contribution in [0.5, 0.6) is 0 Å². The van der Waals surface area contributed by atoms with Crippen LogP contribution in [-0.4, -0.2) is 22.2 Å². The number of nitrogens with two attached hydrogens (primary N) is 1. The van der Waals surface area contributed by atoms with E-state index >= 15 is 0 Å². The molecule has 0 unspecified atom stereocenters. The molecular formula is C10H14N4O. The number of pyridine rings is 1. The van der Waals surface area contributed by atoms with Crippen molar-refractivity contribution in [3.8, 4) is 6.07 Å². The minimum atomic E-state index is -0.476. The van der Waals surface area contributed by atoms with Crippen LogP contribution in [0.3, 0.4) is 0 Å². The van der Waals surface area contributed by atoms with Crippen LogP contribution >= 0.6 is 0 Å². The minimum absolute atomic E-state index is 0.0268. The molecule has 80 valence electrons. The minimum Gasteiger partial charge on any atom is -0.396 e. The van der Waals surface area contributed by atoms with Gasteiger partial charge in [-0.1, -0.05) is 0 Å². The first-order chi connectivity index (χ1) is 6.98. The molecule has 0 amide bonds. The maximum atomic E-state index is 9.06. The van der Waals surface area contributed by atoms with Crippen molar-refractivity contribution >= 4 is 11.5 Å². The monoisotopic (exact) mass is 206 g/mol. The van der Waals surface area contributed by atoms with E-state index in [-0.39, 0.29) is 12.3 Å². The van der Waals surface area contributed by atoms with Crippen LogP contribution in [0.1, 0.15) is 19.5 Å². The Bertz CT molecular complexity index is 395. The summed E-state index contributed by atoms with van der Waals surface area (Å²) in [4.78, 5) is 4.02. The van der Waals surface area contributed by atoms with Gasteiger partial charge >= 0.3 is 0 Å². The third-order valence-electron chi connectivity index (χ3n) is 1.89. The van der Waals surface area contributed by atoms with Gasteiger partial charge in [0, 0.05) is 0 Å². The molecule has 1 heterocycles. The van der Waals surface area contributed by atoms with Gasteiger partial charge in [-0.3, -0.25) is 0 Å². The molecule has 0 aromatic carbocycles. The molecule has 0 spiro atoms. The first-order valence-corrected chi connectivity index (χ1v) is 4.54. The van der Waals surface area contributed by atoms with Gasteiger partial charge in [-0.15, -0.1) is 0 Å². The molecule has 0 saturated carbocycles. The van der Waals surface area contributed by atoms with Crippen LogP contribution in [0.4, 0.5) is 11.5 Å². The van der Waals surface area contributed by atoms with Gasteiger partial charge in [-0.2, -0.15) is 5.26 Å². The summed E-state index contributed by atoms with van der Waals surface area (Å²) in [5.41, 5.74) is 5.60. The number of rotatable bonds is 3. The molecular weight excluding hydrogens is 192 g/mol. The highest BCUT2D eigenvalue weighted by molar-refractivity contribution is 5.55. The predicted molar refractivity (Wildman–Crippen MR) is 58.2 cm³/mol. The zero-order valence-corrected chi connectivity index (χ0v) is 8.78. The van der Waals surface area contributed by atoms with Crippen molar-refractivity contribution in [2.24, 2.45) is 0 Å². The number of aliphatic hydroxyl groups is 1. The van der Waals surface area contributed by atoms with E-state index in [2.05, 4.69) is 10.3 Å². The fraction of sp³-hybridized carbons (Fsp3) is 0.400. The van der Waals surface area contributed by atoms with Gasteiger partial charge < -0.3 is 16.2 Å². The first-order valence-electron chi connectivity index (χ1n) is 4.54. The van der Waals surface area contributed by atoms with Crippen LogP contribution < -0.4 is 11.1 Å². The van der Waals surface area contributed by atoms with E-state index in [1.165, 1.54) is 0 Å². The van der Waals surface area contributed by atoms with E-state index in [1.807, 2.05) is 19.9 Å².